The van der Waals surface area contributed by atoms with Crippen molar-refractivity contribution < 1.29 is 4.79 Å². The Balaban J connectivity index is 1.22. The fraction of sp³-hybridized carbons (Fsp3) is 0.933. The molecular weight excluding hydrogens is 210 g/mol. The van der Waals surface area contributed by atoms with Crippen LogP contribution in [0.3, 0.4) is 0 Å². The summed E-state index contributed by atoms with van der Waals surface area (Å²) in [5.74, 6) is 9.86. The molecule has 0 aliphatic heterocycles. The van der Waals surface area contributed by atoms with Crippen molar-refractivity contribution in [2.75, 3.05) is 6.54 Å². The monoisotopic (exact) mass is 229 g/mol. The molecule has 6 atom stereocenters. The standard InChI is InChI=1S/C15H19NO/c17-15(16-4-5-1-2-5)14-12-10-7-3-6-8(10)9(6)11(7)13(12)14/h5-14H,1-4H2,(H,16,17)/t6?,7?,8-,9-,10-,11-,12-,13-,14?/m0/s1. The summed E-state index contributed by atoms with van der Waals surface area (Å²) in [5.41, 5.74) is 0. The first-order chi connectivity index (χ1) is 8.36. The van der Waals surface area contributed by atoms with Gasteiger partial charge in [0.05, 0.1) is 0 Å². The highest BCUT2D eigenvalue weighted by molar-refractivity contribution is 5.83. The van der Waals surface area contributed by atoms with E-state index in [0.717, 1.165) is 59.8 Å². The lowest BCUT2D eigenvalue weighted by Gasteiger charge is -2.16. The van der Waals surface area contributed by atoms with Crippen LogP contribution in [0.2, 0.25) is 0 Å². The molecule has 7 rings (SSSR count). The van der Waals surface area contributed by atoms with Crippen molar-refractivity contribution in [1.29, 1.82) is 0 Å². The lowest BCUT2D eigenvalue weighted by Crippen LogP contribution is -2.30. The van der Waals surface area contributed by atoms with Crippen molar-refractivity contribution in [2.24, 2.45) is 59.2 Å². The van der Waals surface area contributed by atoms with Gasteiger partial charge in [0.1, 0.15) is 0 Å². The molecule has 0 spiro atoms. The highest BCUT2D eigenvalue weighted by atomic mass is 16.2. The van der Waals surface area contributed by atoms with Crippen molar-refractivity contribution in [3.8, 4) is 0 Å². The molecule has 0 aromatic carbocycles. The molecule has 1 amide bonds. The van der Waals surface area contributed by atoms with Crippen LogP contribution in [0, 0.1) is 59.2 Å². The lowest BCUT2D eigenvalue weighted by atomic mass is 9.91. The van der Waals surface area contributed by atoms with Gasteiger partial charge in [-0.2, -0.15) is 0 Å². The van der Waals surface area contributed by atoms with Crippen LogP contribution in [0.4, 0.5) is 0 Å². The molecule has 7 aliphatic carbocycles. The third-order valence-corrected chi connectivity index (χ3v) is 7.30. The molecular formula is C15H19NO. The van der Waals surface area contributed by atoms with E-state index in [1.165, 1.54) is 12.8 Å². The second-order valence-electron chi connectivity index (χ2n) is 7.74. The summed E-state index contributed by atoms with van der Waals surface area (Å²) in [7, 11) is 0. The second kappa shape index (κ2) is 2.31. The number of carbonyl (C=O) groups excluding carboxylic acids is 1. The summed E-state index contributed by atoms with van der Waals surface area (Å²) in [6.45, 7) is 0.975. The number of nitrogens with one attached hydrogen (secondary N) is 1. The molecule has 0 radical (unpaired) electrons. The molecule has 7 saturated carbocycles. The summed E-state index contributed by atoms with van der Waals surface area (Å²) in [6.07, 6.45) is 4.24. The van der Waals surface area contributed by atoms with E-state index in [-0.39, 0.29) is 0 Å². The molecule has 7 fully saturated rings. The first kappa shape index (κ1) is 8.55. The van der Waals surface area contributed by atoms with Gasteiger partial charge in [-0.3, -0.25) is 4.79 Å². The Hall–Kier alpha value is -0.530. The first-order valence-corrected chi connectivity index (χ1v) is 7.64. The maximum atomic E-state index is 12.2. The molecule has 0 unspecified atom stereocenters. The number of rotatable bonds is 3. The van der Waals surface area contributed by atoms with Gasteiger partial charge in [0.2, 0.25) is 5.91 Å². The fourth-order valence-electron chi connectivity index (χ4n) is 6.75. The average Bonchev–Trinajstić information content (AvgIpc) is 3.28. The minimum atomic E-state index is 0.431. The van der Waals surface area contributed by atoms with E-state index >= 15 is 0 Å². The van der Waals surface area contributed by atoms with Gasteiger partial charge in [0.25, 0.3) is 0 Å². The summed E-state index contributed by atoms with van der Waals surface area (Å²) in [6, 6.07) is 0. The van der Waals surface area contributed by atoms with E-state index in [4.69, 9.17) is 0 Å². The normalized spacial score (nSPS) is 66.9. The number of hydrogen-bond donors (Lipinski definition) is 1. The lowest BCUT2D eigenvalue weighted by molar-refractivity contribution is -0.123. The van der Waals surface area contributed by atoms with E-state index in [1.54, 1.807) is 6.42 Å². The first-order valence-electron chi connectivity index (χ1n) is 7.64. The van der Waals surface area contributed by atoms with Crippen LogP contribution >= 0.6 is 0 Å². The Bertz CT molecular complexity index is 418. The maximum absolute atomic E-state index is 12.2. The fourth-order valence-corrected chi connectivity index (χ4v) is 6.75. The van der Waals surface area contributed by atoms with Gasteiger partial charge < -0.3 is 5.32 Å². The van der Waals surface area contributed by atoms with Gasteiger partial charge in [-0.1, -0.05) is 0 Å². The van der Waals surface area contributed by atoms with Gasteiger partial charge in [0, 0.05) is 12.5 Å². The smallest absolute Gasteiger partial charge is 0.223 e. The van der Waals surface area contributed by atoms with Crippen molar-refractivity contribution in [3.63, 3.8) is 0 Å². The molecule has 90 valence electrons. The van der Waals surface area contributed by atoms with Crippen molar-refractivity contribution in [3.05, 3.63) is 0 Å². The van der Waals surface area contributed by atoms with Crippen molar-refractivity contribution >= 4 is 5.91 Å². The number of carbonyl (C=O) groups is 1. The Morgan fingerprint density at radius 2 is 1.53 bits per heavy atom. The van der Waals surface area contributed by atoms with Crippen LogP contribution in [0.25, 0.3) is 0 Å². The Kier molecular flexibility index (Phi) is 1.16. The summed E-state index contributed by atoms with van der Waals surface area (Å²) in [5, 5.41) is 3.22. The largest absolute Gasteiger partial charge is 0.356 e. The van der Waals surface area contributed by atoms with Gasteiger partial charge in [-0.25, -0.2) is 0 Å². The maximum Gasteiger partial charge on any atom is 0.223 e. The quantitative estimate of drug-likeness (QED) is 0.781. The van der Waals surface area contributed by atoms with Crippen LogP contribution in [0.15, 0.2) is 0 Å². The Morgan fingerprint density at radius 1 is 0.941 bits per heavy atom. The van der Waals surface area contributed by atoms with Gasteiger partial charge >= 0.3 is 0 Å². The molecule has 2 nitrogen and oxygen atoms in total. The number of fused-ring (bicyclic) bond motifs is 1. The second-order valence-corrected chi connectivity index (χ2v) is 7.74. The predicted molar refractivity (Wildman–Crippen MR) is 61.8 cm³/mol. The minimum Gasteiger partial charge on any atom is -0.356 e. The summed E-state index contributed by atoms with van der Waals surface area (Å²) >= 11 is 0. The number of amides is 1. The molecule has 2 heteroatoms. The highest BCUT2D eigenvalue weighted by Gasteiger charge is 2.87. The number of hydrogen-bond acceptors (Lipinski definition) is 1. The van der Waals surface area contributed by atoms with Crippen LogP contribution in [0.1, 0.15) is 19.3 Å². The van der Waals surface area contributed by atoms with E-state index in [2.05, 4.69) is 5.32 Å². The third-order valence-electron chi connectivity index (χ3n) is 7.30. The SMILES string of the molecule is O=C(NCC1CC1)C1[C@H]2[C@H]3C4CC5[C@H]3[C@H]5[C@H]4[C@H]12. The molecule has 0 heterocycles. The van der Waals surface area contributed by atoms with Crippen LogP contribution in [0.5, 0.6) is 0 Å². The van der Waals surface area contributed by atoms with E-state index in [1.807, 2.05) is 0 Å². The minimum absolute atomic E-state index is 0.431. The zero-order valence-corrected chi connectivity index (χ0v) is 10.0. The summed E-state index contributed by atoms with van der Waals surface area (Å²) in [4.78, 5) is 12.2. The molecule has 0 aromatic rings. The van der Waals surface area contributed by atoms with Gasteiger partial charge in [-0.15, -0.1) is 0 Å². The zero-order valence-electron chi connectivity index (χ0n) is 10.0. The Labute approximate surface area is 102 Å². The van der Waals surface area contributed by atoms with Crippen molar-refractivity contribution in [2.45, 2.75) is 19.3 Å². The van der Waals surface area contributed by atoms with Crippen molar-refractivity contribution in [1.82, 2.24) is 5.32 Å². The highest BCUT2D eigenvalue weighted by Crippen LogP contribution is 2.89. The molecule has 0 aromatic heterocycles. The molecule has 0 saturated heterocycles. The molecule has 7 aliphatic rings. The predicted octanol–water partition coefficient (Wildman–Crippen LogP) is 1.52. The van der Waals surface area contributed by atoms with Crippen LogP contribution < -0.4 is 5.32 Å². The zero-order chi connectivity index (χ0) is 10.9. The van der Waals surface area contributed by atoms with E-state index in [0.29, 0.717) is 11.8 Å². The van der Waals surface area contributed by atoms with E-state index in [9.17, 15) is 4.79 Å². The molecule has 17 heavy (non-hydrogen) atoms. The van der Waals surface area contributed by atoms with Gasteiger partial charge in [0.15, 0.2) is 0 Å². The average molecular weight is 229 g/mol. The Morgan fingerprint density at radius 3 is 2.06 bits per heavy atom. The van der Waals surface area contributed by atoms with E-state index < -0.39 is 0 Å². The molecule has 6 bridgehead atoms. The van der Waals surface area contributed by atoms with Crippen LogP contribution in [-0.4, -0.2) is 12.5 Å². The topological polar surface area (TPSA) is 29.1 Å². The molecule has 1 N–H and O–H groups in total. The summed E-state index contributed by atoms with van der Waals surface area (Å²) < 4.78 is 0. The van der Waals surface area contributed by atoms with Crippen LogP contribution in [-0.2, 0) is 4.79 Å². The van der Waals surface area contributed by atoms with Gasteiger partial charge in [-0.05, 0) is 72.5 Å². The third kappa shape index (κ3) is 0.794.